The summed E-state index contributed by atoms with van der Waals surface area (Å²) in [6, 6.07) is 40.2. The number of carbonyl (C=O) groups is 2. The molecule has 0 spiro atoms. The highest BCUT2D eigenvalue weighted by molar-refractivity contribution is 5.85. The van der Waals surface area contributed by atoms with Crippen LogP contribution < -0.4 is 0 Å². The number of carbonyl (C=O) groups excluding carboxylic acids is 2. The lowest BCUT2D eigenvalue weighted by Crippen LogP contribution is -2.31. The number of aromatic nitrogens is 4. The summed E-state index contributed by atoms with van der Waals surface area (Å²) in [4.78, 5) is 46.4. The summed E-state index contributed by atoms with van der Waals surface area (Å²) in [7, 11) is 0. The van der Waals surface area contributed by atoms with Gasteiger partial charge in [-0.05, 0) is 83.3 Å². The first-order chi connectivity index (χ1) is 26.6. The number of fused-ring (bicyclic) bond motifs is 2. The van der Waals surface area contributed by atoms with Crippen molar-refractivity contribution in [2.75, 3.05) is 13.1 Å². The van der Waals surface area contributed by atoms with E-state index in [0.717, 1.165) is 92.8 Å². The summed E-state index contributed by atoms with van der Waals surface area (Å²) in [5.41, 5.74) is 9.86. The van der Waals surface area contributed by atoms with Crippen LogP contribution in [0.1, 0.15) is 60.5 Å². The number of benzene rings is 5. The molecule has 0 aliphatic carbocycles. The van der Waals surface area contributed by atoms with Crippen molar-refractivity contribution >= 4 is 34.3 Å². The van der Waals surface area contributed by atoms with E-state index < -0.39 is 0 Å². The fourth-order valence-electron chi connectivity index (χ4n) is 7.73. The fraction of sp³-hybridized carbons (Fsp3) is 0.227. The van der Waals surface area contributed by atoms with E-state index in [1.54, 1.807) is 9.80 Å². The Morgan fingerprint density at radius 3 is 1.39 bits per heavy atom. The lowest BCUT2D eigenvalue weighted by Gasteiger charge is -2.22. The Morgan fingerprint density at radius 2 is 0.963 bits per heavy atom. The predicted octanol–water partition coefficient (Wildman–Crippen LogP) is 9.72. The minimum absolute atomic E-state index is 0.148. The van der Waals surface area contributed by atoms with E-state index in [4.69, 9.17) is 19.4 Å². The average Bonchev–Trinajstić information content (AvgIpc) is 4.05. The third-order valence-electron chi connectivity index (χ3n) is 10.6. The Kier molecular flexibility index (Phi) is 9.00. The van der Waals surface area contributed by atoms with E-state index in [0.29, 0.717) is 13.1 Å². The van der Waals surface area contributed by atoms with Gasteiger partial charge in [0.1, 0.15) is 24.9 Å². The molecule has 270 valence electrons. The van der Waals surface area contributed by atoms with Gasteiger partial charge in [0.15, 0.2) is 0 Å². The molecular weight excluding hydrogens is 677 g/mol. The highest BCUT2D eigenvalue weighted by atomic mass is 16.6. The molecule has 2 amide bonds. The summed E-state index contributed by atoms with van der Waals surface area (Å²) in [6.45, 7) is 1.79. The largest absolute Gasteiger partial charge is 0.445 e. The molecule has 2 fully saturated rings. The van der Waals surface area contributed by atoms with Gasteiger partial charge in [0.05, 0.1) is 34.2 Å². The maximum Gasteiger partial charge on any atom is 0.410 e. The molecule has 0 bridgehead atoms. The third kappa shape index (κ3) is 6.78. The number of nitrogens with zero attached hydrogens (tertiary/aromatic N) is 4. The predicted molar refractivity (Wildman–Crippen MR) is 207 cm³/mol. The van der Waals surface area contributed by atoms with Crippen molar-refractivity contribution in [1.82, 2.24) is 29.7 Å². The van der Waals surface area contributed by atoms with E-state index in [1.165, 1.54) is 0 Å². The van der Waals surface area contributed by atoms with Crippen LogP contribution in [-0.2, 0) is 22.7 Å². The van der Waals surface area contributed by atoms with Crippen molar-refractivity contribution < 1.29 is 19.1 Å². The SMILES string of the molecule is O=C(OCc1ccccc1)N1CCC[C@H]1c1nc2ccc(-c3ccc(-c4ccc5nc([C@@H]6CCCN6C(=O)OCc6ccccc6)[nH]c5c4)cc3)cc2[nH]1. The van der Waals surface area contributed by atoms with Gasteiger partial charge in [-0.25, -0.2) is 19.6 Å². The van der Waals surface area contributed by atoms with Gasteiger partial charge < -0.3 is 19.4 Å². The number of hydrogen-bond acceptors (Lipinski definition) is 6. The molecule has 9 rings (SSSR count). The Hall–Kier alpha value is -6.42. The highest BCUT2D eigenvalue weighted by Crippen LogP contribution is 2.35. The van der Waals surface area contributed by atoms with Crippen LogP contribution in [0.25, 0.3) is 44.3 Å². The van der Waals surface area contributed by atoms with Crippen LogP contribution in [0.4, 0.5) is 9.59 Å². The van der Waals surface area contributed by atoms with Crippen LogP contribution in [0.3, 0.4) is 0 Å². The van der Waals surface area contributed by atoms with Crippen LogP contribution in [0.15, 0.2) is 121 Å². The van der Waals surface area contributed by atoms with Gasteiger partial charge in [-0.2, -0.15) is 0 Å². The van der Waals surface area contributed by atoms with Gasteiger partial charge in [-0.1, -0.05) is 97.1 Å². The van der Waals surface area contributed by atoms with Gasteiger partial charge in [0, 0.05) is 13.1 Å². The zero-order valence-electron chi connectivity index (χ0n) is 29.8. The summed E-state index contributed by atoms with van der Waals surface area (Å²) >= 11 is 0. The molecule has 54 heavy (non-hydrogen) atoms. The molecule has 2 aliphatic rings. The number of aromatic amines is 2. The molecule has 0 unspecified atom stereocenters. The zero-order chi connectivity index (χ0) is 36.4. The van der Waals surface area contributed by atoms with Crippen molar-refractivity contribution in [2.45, 2.75) is 51.0 Å². The molecule has 5 aromatic carbocycles. The number of H-pyrrole nitrogens is 2. The minimum atomic E-state index is -0.313. The van der Waals surface area contributed by atoms with E-state index in [1.807, 2.05) is 72.8 Å². The van der Waals surface area contributed by atoms with Crippen LogP contribution in [-0.4, -0.2) is 55.0 Å². The number of hydrogen-bond donors (Lipinski definition) is 2. The number of rotatable bonds is 8. The Labute approximate surface area is 312 Å². The molecule has 2 saturated heterocycles. The van der Waals surface area contributed by atoms with Crippen LogP contribution in [0.5, 0.6) is 0 Å². The van der Waals surface area contributed by atoms with Crippen molar-refractivity contribution in [3.8, 4) is 22.3 Å². The smallest absolute Gasteiger partial charge is 0.410 e. The number of nitrogens with one attached hydrogen (secondary N) is 2. The van der Waals surface area contributed by atoms with E-state index in [2.05, 4.69) is 58.5 Å². The molecule has 0 saturated carbocycles. The molecule has 2 N–H and O–H groups in total. The van der Waals surface area contributed by atoms with Crippen LogP contribution in [0.2, 0.25) is 0 Å². The maximum atomic E-state index is 13.0. The fourth-order valence-corrected chi connectivity index (χ4v) is 7.73. The number of amides is 2. The van der Waals surface area contributed by atoms with Crippen molar-refractivity contribution in [3.63, 3.8) is 0 Å². The molecule has 0 radical (unpaired) electrons. The molecule has 2 aliphatic heterocycles. The first kappa shape index (κ1) is 33.4. The number of imidazole rings is 2. The average molecular weight is 717 g/mol. The Morgan fingerprint density at radius 1 is 0.556 bits per heavy atom. The standard InChI is InChI=1S/C44H40N6O4/c51-43(53-27-29-9-3-1-4-10-29)49-23-7-13-39(49)41-45-35-21-19-33(25-37(35)47-41)31-15-17-32(18-16-31)34-20-22-36-38(26-34)48-42(46-36)40-14-8-24-50(40)44(52)54-28-30-11-5-2-6-12-30/h1-6,9-12,15-22,25-26,39-40H,7-8,13-14,23-24,27-28H2,(H,45,47)(H,46,48)/t39-,40-/m0/s1. The van der Waals surface area contributed by atoms with E-state index in [9.17, 15) is 9.59 Å². The van der Waals surface area contributed by atoms with Crippen molar-refractivity contribution in [1.29, 1.82) is 0 Å². The molecule has 7 aromatic rings. The summed E-state index contributed by atoms with van der Waals surface area (Å²) in [5.74, 6) is 1.57. The van der Waals surface area contributed by atoms with Gasteiger partial charge in [0.25, 0.3) is 0 Å². The van der Waals surface area contributed by atoms with Crippen molar-refractivity contribution in [3.05, 3.63) is 144 Å². The Bertz CT molecular complexity index is 2250. The minimum Gasteiger partial charge on any atom is -0.445 e. The summed E-state index contributed by atoms with van der Waals surface area (Å²) in [6.07, 6.45) is 2.85. The normalized spacial score (nSPS) is 17.0. The van der Waals surface area contributed by atoms with Gasteiger partial charge in [0.2, 0.25) is 0 Å². The second-order valence-electron chi connectivity index (χ2n) is 14.1. The number of likely N-dealkylation sites (tertiary alicyclic amines) is 2. The molecule has 2 aromatic heterocycles. The molecular formula is C44H40N6O4. The molecule has 10 heteroatoms. The maximum absolute atomic E-state index is 13.0. The quantitative estimate of drug-likeness (QED) is 0.162. The lowest BCUT2D eigenvalue weighted by molar-refractivity contribution is 0.0903. The lowest BCUT2D eigenvalue weighted by atomic mass is 10.00. The first-order valence-electron chi connectivity index (χ1n) is 18.6. The molecule has 2 atom stereocenters. The van der Waals surface area contributed by atoms with E-state index >= 15 is 0 Å². The third-order valence-corrected chi connectivity index (χ3v) is 10.6. The zero-order valence-corrected chi connectivity index (χ0v) is 29.8. The second-order valence-corrected chi connectivity index (χ2v) is 14.1. The highest BCUT2D eigenvalue weighted by Gasteiger charge is 2.34. The summed E-state index contributed by atoms with van der Waals surface area (Å²) in [5, 5.41) is 0. The van der Waals surface area contributed by atoms with Crippen molar-refractivity contribution in [2.24, 2.45) is 0 Å². The first-order valence-corrected chi connectivity index (χ1v) is 18.6. The molecule has 10 nitrogen and oxygen atoms in total. The number of ether oxygens (including phenoxy) is 2. The van der Waals surface area contributed by atoms with Gasteiger partial charge in [-0.15, -0.1) is 0 Å². The summed E-state index contributed by atoms with van der Waals surface area (Å²) < 4.78 is 11.3. The van der Waals surface area contributed by atoms with Gasteiger partial charge in [-0.3, -0.25) is 9.80 Å². The van der Waals surface area contributed by atoms with Crippen LogP contribution >= 0.6 is 0 Å². The monoisotopic (exact) mass is 716 g/mol. The van der Waals surface area contributed by atoms with Gasteiger partial charge >= 0.3 is 12.2 Å². The Balaban J connectivity index is 0.874. The van der Waals surface area contributed by atoms with E-state index in [-0.39, 0.29) is 37.5 Å². The molecule has 4 heterocycles. The topological polar surface area (TPSA) is 116 Å². The van der Waals surface area contributed by atoms with Crippen LogP contribution in [0, 0.1) is 0 Å². The second kappa shape index (κ2) is 14.5.